The van der Waals surface area contributed by atoms with E-state index in [2.05, 4.69) is 64.6 Å². The van der Waals surface area contributed by atoms with E-state index < -0.39 is 112 Å². The molecule has 10 bridgehead atoms. The second kappa shape index (κ2) is 50.9. The molecule has 8 aliphatic rings. The van der Waals surface area contributed by atoms with Crippen LogP contribution in [0.2, 0.25) is 0 Å². The van der Waals surface area contributed by atoms with Crippen LogP contribution < -0.4 is 32.1 Å². The lowest BCUT2D eigenvalue weighted by Gasteiger charge is -2.39. The van der Waals surface area contributed by atoms with Gasteiger partial charge in [0, 0.05) is 94.9 Å². The van der Waals surface area contributed by atoms with Crippen molar-refractivity contribution in [1.82, 2.24) is 62.1 Å². The molecule has 2 spiro atoms. The predicted molar refractivity (Wildman–Crippen MR) is 557 cm³/mol. The molecule has 2 saturated heterocycles. The lowest BCUT2D eigenvalue weighted by Crippen LogP contribution is -2.61. The monoisotopic (exact) mass is 2080 g/mol. The molecule has 788 valence electrons. The molecule has 147 heavy (non-hydrogen) atoms. The van der Waals surface area contributed by atoms with Gasteiger partial charge in [-0.15, -0.1) is 6.58 Å². The van der Waals surface area contributed by atoms with Gasteiger partial charge in [0.05, 0.1) is 69.1 Å². The number of rotatable bonds is 12. The van der Waals surface area contributed by atoms with E-state index in [9.17, 15) is 77.3 Å². The van der Waals surface area contributed by atoms with Crippen molar-refractivity contribution in [3.05, 3.63) is 184 Å². The molecular weight excluding hydrogens is 1940 g/mol. The van der Waals surface area contributed by atoms with Gasteiger partial charge in [0.15, 0.2) is 0 Å². The Morgan fingerprint density at radius 3 is 1.25 bits per heavy atom. The first-order valence-electron chi connectivity index (χ1n) is 51.7. The second-order valence-electron chi connectivity index (χ2n) is 41.2. The van der Waals surface area contributed by atoms with Crippen molar-refractivity contribution in [2.45, 2.75) is 324 Å². The highest BCUT2D eigenvalue weighted by Gasteiger charge is 2.48. The van der Waals surface area contributed by atoms with Crippen molar-refractivity contribution < 1.29 is 101 Å². The van der Waals surface area contributed by atoms with E-state index in [0.717, 1.165) is 70.5 Å². The van der Waals surface area contributed by atoms with Gasteiger partial charge in [-0.3, -0.25) is 77.1 Å². The van der Waals surface area contributed by atoms with E-state index in [1.807, 2.05) is 168 Å². The van der Waals surface area contributed by atoms with Crippen LogP contribution in [0.5, 0.6) is 0 Å². The Bertz CT molecular complexity index is 5980. The Labute approximate surface area is 867 Å². The van der Waals surface area contributed by atoms with Gasteiger partial charge in [0.2, 0.25) is 23.6 Å². The number of hydrogen-bond donors (Lipinski definition) is 8. The minimum absolute atomic E-state index is 0.144. The number of benzene rings is 4. The molecule has 8 aromatic rings. The molecule has 34 heteroatoms. The van der Waals surface area contributed by atoms with Gasteiger partial charge < -0.3 is 55.2 Å². The van der Waals surface area contributed by atoms with E-state index >= 15 is 0 Å². The summed E-state index contributed by atoms with van der Waals surface area (Å²) in [6.45, 7) is 28.7. The number of allylic oxidation sites excluding steroid dienone is 1. The number of ketones is 3. The fourth-order valence-corrected chi connectivity index (χ4v) is 20.5. The zero-order valence-electron chi connectivity index (χ0n) is 86.9. The molecule has 8 heterocycles. The highest BCUT2D eigenvalue weighted by Crippen LogP contribution is 2.45. The number of nitrogens with zero attached hydrogens (tertiary/aromatic N) is 6. The van der Waals surface area contributed by atoms with Gasteiger partial charge in [-0.25, -0.2) is 30.8 Å². The van der Waals surface area contributed by atoms with Crippen LogP contribution in [0.4, 0.5) is 0 Å². The smallest absolute Gasteiger partial charge is 0.325 e. The fraction of sp³-hybridized carbons (Fsp3) is 0.522. The molecule has 0 radical (unpaired) electrons. The van der Waals surface area contributed by atoms with Crippen molar-refractivity contribution in [2.75, 3.05) is 19.7 Å². The lowest BCUT2D eigenvalue weighted by atomic mass is 9.69. The van der Waals surface area contributed by atoms with E-state index in [0.29, 0.717) is 191 Å². The number of aryl methyl sites for hydroxylation is 2. The third kappa shape index (κ3) is 29.6. The van der Waals surface area contributed by atoms with Crippen molar-refractivity contribution in [2.24, 2.45) is 33.5 Å². The quantitative estimate of drug-likeness (QED) is 0.0320. The summed E-state index contributed by atoms with van der Waals surface area (Å²) in [7, 11) is 0. The summed E-state index contributed by atoms with van der Waals surface area (Å²) < 4.78 is 28.2. The SMILES string of the molecule is C=CC1(C(C)=O)CCC(=O)CC1.CC(=O)O[C@H](C)c1ccc2ccc(Br)cc2n1.CC(C)[C@@H]1NC(=O)C2(CCc3ccc4ccc(nc4c3)[C@@H](C)OC(=O)[C@@H]3CCCN(N3)C(=O)[C@H](C)NC1=O)CCC(O)CC2.CC(C)[C@@H]1NC(=O)C2(CCc3ccc4ccc(nc4c3)[C@@H](C)OC(=O)[C@@H]3CCCN(N3)C(=O)[C@H](C)NC1=O)CCC(O)CC2.CCOC(=O)C1(/C=C/c2ccc3ccc([C@@H](C)OC(C)=O)nc3c2)CCC(=O)CC1. The van der Waals surface area contributed by atoms with Crippen molar-refractivity contribution in [3.8, 4) is 0 Å². The number of aliphatic hydroxyl groups is 2. The number of halogens is 1. The van der Waals surface area contributed by atoms with Crippen molar-refractivity contribution >= 4 is 148 Å². The molecule has 10 atom stereocenters. The highest BCUT2D eigenvalue weighted by molar-refractivity contribution is 9.10. The molecule has 4 saturated carbocycles. The standard InChI is InChI=1S/2C33H45N5O6.C24H27NO5.C13H12BrNO2.C10H14O2/c2*1-19(2)28-29(40)34-20(3)30(41)38-17-5-6-26(37-38)31(42)44-21(4)25-10-9-23-8-7-22(18-27(23)35-25)11-14-33(32(43)36-28)15-12-24(39)13-16-33;1-4-29-23(28)24(13-10-20(27)11-14-24)12-9-18-5-6-19-7-8-21(25-22(19)15-18)16(2)30-17(3)26;1-8(17-9(2)16)12-6-4-10-3-5-11(14)7-13(10)15-12;1-3-10(8(2)11)6-4-9(12)5-7-10/h2*7-10,18-21,24,26,28,37,39H,5-6,11-17H2,1-4H3,(H,34,40)(H,36,43);5-9,12,15-16H,4,10-11,13-14H2,1-3H3;3-8H,1-2H3;3H,1,4-7H2,2H3/b;;12-9+;;/t2*20-,21+,24?,26-,28-,33?;16-;8-;/m0011./s1. The molecular formula is C113H143BrN12O21. The first kappa shape index (κ1) is 113. The van der Waals surface area contributed by atoms with Crippen LogP contribution in [-0.4, -0.2) is 191 Å². The maximum Gasteiger partial charge on any atom is 0.325 e. The first-order valence-corrected chi connectivity index (χ1v) is 52.5. The van der Waals surface area contributed by atoms with Crippen molar-refractivity contribution in [1.29, 1.82) is 0 Å². The number of ether oxygens (including phenoxy) is 5. The number of carbonyl (C=O) groups excluding carboxylic acids is 14. The molecule has 4 aliphatic carbocycles. The number of Topliss-reactive ketones (excluding diaryl/α,β-unsaturated/α-hetero) is 3. The molecule has 0 unspecified atom stereocenters. The van der Waals surface area contributed by atoms with Gasteiger partial charge in [0.25, 0.3) is 11.8 Å². The molecule has 6 fully saturated rings. The Morgan fingerprint density at radius 2 is 0.857 bits per heavy atom. The molecule has 4 aliphatic heterocycles. The first-order chi connectivity index (χ1) is 69.9. The van der Waals surface area contributed by atoms with E-state index in [4.69, 9.17) is 33.7 Å². The van der Waals surface area contributed by atoms with Crippen LogP contribution in [0.1, 0.15) is 302 Å². The summed E-state index contributed by atoms with van der Waals surface area (Å²) in [5.41, 5.74) is 12.1. The zero-order chi connectivity index (χ0) is 107. The van der Waals surface area contributed by atoms with Gasteiger partial charge in [-0.1, -0.05) is 129 Å². The van der Waals surface area contributed by atoms with Crippen LogP contribution in [0.3, 0.4) is 0 Å². The van der Waals surface area contributed by atoms with Crippen LogP contribution in [0.15, 0.2) is 145 Å². The minimum atomic E-state index is -0.892. The average Bonchev–Trinajstić information content (AvgIpc) is 1.11. The molecule has 8 N–H and O–H groups in total. The Kier molecular flexibility index (Phi) is 39.2. The number of aliphatic hydroxyl groups excluding tert-OH is 2. The second-order valence-corrected chi connectivity index (χ2v) is 42.1. The summed E-state index contributed by atoms with van der Waals surface area (Å²) in [6, 6.07) is 34.2. The lowest BCUT2D eigenvalue weighted by molar-refractivity contribution is -0.158. The predicted octanol–water partition coefficient (Wildman–Crippen LogP) is 15.8. The Balaban J connectivity index is 0.000000174. The number of esters is 5. The highest BCUT2D eigenvalue weighted by atomic mass is 79.9. The van der Waals surface area contributed by atoms with E-state index in [-0.39, 0.29) is 76.8 Å². The van der Waals surface area contributed by atoms with Gasteiger partial charge in [0.1, 0.15) is 78.0 Å². The number of carbonyl (C=O) groups is 14. The molecule has 6 amide bonds. The number of nitrogens with one attached hydrogen (secondary N) is 6. The summed E-state index contributed by atoms with van der Waals surface area (Å²) in [6.07, 6.45) is 15.4. The summed E-state index contributed by atoms with van der Waals surface area (Å²) in [5, 5.41) is 38.9. The summed E-state index contributed by atoms with van der Waals surface area (Å²) in [4.78, 5) is 195. The van der Waals surface area contributed by atoms with Gasteiger partial charge in [-0.2, -0.15) is 0 Å². The molecule has 33 nitrogen and oxygen atoms in total. The van der Waals surface area contributed by atoms with Gasteiger partial charge >= 0.3 is 29.8 Å². The number of hydrogen-bond acceptors (Lipinski definition) is 27. The Morgan fingerprint density at radius 1 is 0.476 bits per heavy atom. The van der Waals surface area contributed by atoms with E-state index in [1.165, 1.54) is 23.9 Å². The number of hydrazine groups is 2. The minimum Gasteiger partial charge on any atom is -0.465 e. The zero-order valence-corrected chi connectivity index (χ0v) is 88.5. The number of pyridine rings is 4. The third-order valence-corrected chi connectivity index (χ3v) is 30.1. The topological polar surface area (TPSA) is 456 Å². The molecule has 4 aromatic heterocycles. The normalized spacial score (nSPS) is 25.4. The maximum atomic E-state index is 14.0. The fourth-order valence-electron chi connectivity index (χ4n) is 20.1. The largest absolute Gasteiger partial charge is 0.465 e. The molecule has 4 aromatic carbocycles. The number of cyclic esters (lactones) is 2. The Hall–Kier alpha value is -12.5. The summed E-state index contributed by atoms with van der Waals surface area (Å²) >= 11 is 3.41. The third-order valence-electron chi connectivity index (χ3n) is 29.7. The maximum absolute atomic E-state index is 14.0. The van der Waals surface area contributed by atoms with Crippen LogP contribution in [-0.2, 0) is 104 Å². The van der Waals surface area contributed by atoms with Crippen molar-refractivity contribution in [3.63, 3.8) is 0 Å². The van der Waals surface area contributed by atoms with Crippen LogP contribution in [0, 0.1) is 33.5 Å². The number of fused-ring (bicyclic) bond motifs is 10. The molecule has 16 rings (SSSR count). The number of aromatic nitrogens is 4. The number of amides is 6. The average molecular weight is 2090 g/mol. The van der Waals surface area contributed by atoms with Crippen LogP contribution >= 0.6 is 15.9 Å². The van der Waals surface area contributed by atoms with E-state index in [1.54, 1.807) is 54.5 Å². The van der Waals surface area contributed by atoms with Gasteiger partial charge in [-0.05, 0) is 267 Å². The van der Waals surface area contributed by atoms with Crippen LogP contribution in [0.25, 0.3) is 49.7 Å². The summed E-state index contributed by atoms with van der Waals surface area (Å²) in [5.74, 6) is -3.77.